The number of hydrogen-bond donors (Lipinski definition) is 4. The molecule has 1 fully saturated rings. The second kappa shape index (κ2) is 7.64. The van der Waals surface area contributed by atoms with Crippen molar-refractivity contribution in [3.8, 4) is 17.2 Å². The summed E-state index contributed by atoms with van der Waals surface area (Å²) in [6.07, 6.45) is -6.13. The fourth-order valence-corrected chi connectivity index (χ4v) is 3.50. The molecule has 0 radical (unpaired) electrons. The van der Waals surface area contributed by atoms with Crippen molar-refractivity contribution < 1.29 is 39.4 Å². The second-order valence-corrected chi connectivity index (χ2v) is 7.28. The Balaban J connectivity index is 1.47. The maximum Gasteiger partial charge on any atom is 0.229 e. The number of aliphatic hydroxyl groups excluding tert-OH is 3. The van der Waals surface area contributed by atoms with E-state index in [4.69, 9.17) is 14.2 Å². The lowest BCUT2D eigenvalue weighted by Gasteiger charge is -2.38. The Labute approximate surface area is 166 Å². The SMILES string of the molecule is C[C@@H]1O[C@@H](Oc2ccc(C3CC(=O)c4ccc(O)cc4O3)cc2)[C@H](O)[C@H](O)[C@H]1O. The van der Waals surface area contributed by atoms with Gasteiger partial charge in [0.05, 0.1) is 18.1 Å². The quantitative estimate of drug-likeness (QED) is 0.605. The van der Waals surface area contributed by atoms with Crippen LogP contribution in [0.1, 0.15) is 35.4 Å². The van der Waals surface area contributed by atoms with Gasteiger partial charge < -0.3 is 34.6 Å². The number of carbonyl (C=O) groups excluding carboxylic acids is 1. The Hall–Kier alpha value is -2.65. The van der Waals surface area contributed by atoms with E-state index in [2.05, 4.69) is 0 Å². The van der Waals surface area contributed by atoms with Gasteiger partial charge in [0.1, 0.15) is 41.7 Å². The summed E-state index contributed by atoms with van der Waals surface area (Å²) in [5.74, 6) is 0.672. The van der Waals surface area contributed by atoms with Crippen LogP contribution in [0.2, 0.25) is 0 Å². The molecular weight excluding hydrogens is 380 g/mol. The summed E-state index contributed by atoms with van der Waals surface area (Å²) in [6, 6.07) is 11.1. The van der Waals surface area contributed by atoms with Crippen molar-refractivity contribution in [2.24, 2.45) is 0 Å². The number of phenols is 1. The Bertz CT molecular complexity index is 896. The average molecular weight is 402 g/mol. The predicted molar refractivity (Wildman–Crippen MR) is 99.8 cm³/mol. The van der Waals surface area contributed by atoms with E-state index in [9.17, 15) is 25.2 Å². The van der Waals surface area contributed by atoms with E-state index in [0.29, 0.717) is 17.1 Å². The summed E-state index contributed by atoms with van der Waals surface area (Å²) < 4.78 is 16.9. The van der Waals surface area contributed by atoms with Crippen molar-refractivity contribution >= 4 is 5.78 Å². The van der Waals surface area contributed by atoms with Crippen LogP contribution in [0.25, 0.3) is 0 Å². The van der Waals surface area contributed by atoms with Crippen LogP contribution in [0.5, 0.6) is 17.2 Å². The van der Waals surface area contributed by atoms with E-state index >= 15 is 0 Å². The van der Waals surface area contributed by atoms with Crippen LogP contribution in [-0.4, -0.2) is 56.9 Å². The first-order valence-corrected chi connectivity index (χ1v) is 9.32. The van der Waals surface area contributed by atoms with E-state index in [1.54, 1.807) is 37.3 Å². The summed E-state index contributed by atoms with van der Waals surface area (Å²) in [4.78, 5) is 12.4. The van der Waals surface area contributed by atoms with Gasteiger partial charge in [0, 0.05) is 6.07 Å². The van der Waals surface area contributed by atoms with Gasteiger partial charge in [-0.3, -0.25) is 4.79 Å². The molecule has 0 aliphatic carbocycles. The minimum absolute atomic E-state index is 0.0218. The fraction of sp³-hybridized carbons (Fsp3) is 0.381. The Morgan fingerprint density at radius 3 is 2.45 bits per heavy atom. The third-order valence-electron chi connectivity index (χ3n) is 5.22. The van der Waals surface area contributed by atoms with Crippen molar-refractivity contribution in [1.82, 2.24) is 0 Å². The number of ketones is 1. The van der Waals surface area contributed by atoms with Crippen molar-refractivity contribution in [2.75, 3.05) is 0 Å². The molecule has 0 saturated carbocycles. The molecule has 0 amide bonds. The number of aliphatic hydroxyl groups is 3. The van der Waals surface area contributed by atoms with Crippen LogP contribution in [0.15, 0.2) is 42.5 Å². The van der Waals surface area contributed by atoms with Crippen LogP contribution in [0.3, 0.4) is 0 Å². The number of aromatic hydroxyl groups is 1. The lowest BCUT2D eigenvalue weighted by Crippen LogP contribution is -2.58. The van der Waals surface area contributed by atoms with Gasteiger partial charge >= 0.3 is 0 Å². The fourth-order valence-electron chi connectivity index (χ4n) is 3.50. The minimum Gasteiger partial charge on any atom is -0.508 e. The molecule has 6 atom stereocenters. The molecule has 2 aromatic carbocycles. The van der Waals surface area contributed by atoms with Crippen molar-refractivity contribution in [2.45, 2.75) is 50.2 Å². The molecule has 2 aliphatic heterocycles. The molecule has 0 aromatic heterocycles. The van der Waals surface area contributed by atoms with Gasteiger partial charge in [-0.25, -0.2) is 0 Å². The Morgan fingerprint density at radius 1 is 1.00 bits per heavy atom. The number of fused-ring (bicyclic) bond motifs is 1. The van der Waals surface area contributed by atoms with Crippen LogP contribution < -0.4 is 9.47 Å². The molecule has 154 valence electrons. The number of ether oxygens (including phenoxy) is 3. The summed E-state index contributed by atoms with van der Waals surface area (Å²) in [5, 5.41) is 39.3. The third kappa shape index (κ3) is 3.79. The summed E-state index contributed by atoms with van der Waals surface area (Å²) in [7, 11) is 0. The largest absolute Gasteiger partial charge is 0.508 e. The first kappa shape index (κ1) is 19.7. The van der Waals surface area contributed by atoms with Gasteiger partial charge in [-0.2, -0.15) is 0 Å². The summed E-state index contributed by atoms with van der Waals surface area (Å²) in [5.41, 5.74) is 1.19. The molecule has 4 N–H and O–H groups in total. The smallest absolute Gasteiger partial charge is 0.229 e. The highest BCUT2D eigenvalue weighted by Crippen LogP contribution is 2.37. The monoisotopic (exact) mass is 402 g/mol. The van der Waals surface area contributed by atoms with Gasteiger partial charge in [0.2, 0.25) is 6.29 Å². The Kier molecular flexibility index (Phi) is 5.18. The average Bonchev–Trinajstić information content (AvgIpc) is 2.70. The number of hydrogen-bond acceptors (Lipinski definition) is 8. The molecule has 0 bridgehead atoms. The first-order chi connectivity index (χ1) is 13.8. The van der Waals surface area contributed by atoms with E-state index in [0.717, 1.165) is 5.56 Å². The van der Waals surface area contributed by atoms with Gasteiger partial charge in [0.15, 0.2) is 5.78 Å². The van der Waals surface area contributed by atoms with Gasteiger partial charge in [-0.05, 0) is 36.8 Å². The number of Topliss-reactive ketones (excluding diaryl/α,β-unsaturated/α-hetero) is 1. The zero-order chi connectivity index (χ0) is 20.7. The van der Waals surface area contributed by atoms with Crippen LogP contribution in [-0.2, 0) is 4.74 Å². The topological polar surface area (TPSA) is 126 Å². The molecule has 0 spiro atoms. The Morgan fingerprint density at radius 2 is 1.72 bits per heavy atom. The van der Waals surface area contributed by atoms with E-state index < -0.39 is 36.8 Å². The summed E-state index contributed by atoms with van der Waals surface area (Å²) in [6.45, 7) is 1.58. The van der Waals surface area contributed by atoms with E-state index in [1.807, 2.05) is 0 Å². The van der Waals surface area contributed by atoms with Crippen molar-refractivity contribution in [3.63, 3.8) is 0 Å². The lowest BCUT2D eigenvalue weighted by molar-refractivity contribution is -0.268. The van der Waals surface area contributed by atoms with Crippen molar-refractivity contribution in [1.29, 1.82) is 0 Å². The highest BCUT2D eigenvalue weighted by Gasteiger charge is 2.43. The molecule has 8 nitrogen and oxygen atoms in total. The maximum absolute atomic E-state index is 12.4. The molecule has 2 aromatic rings. The van der Waals surface area contributed by atoms with E-state index in [-0.39, 0.29) is 18.0 Å². The first-order valence-electron chi connectivity index (χ1n) is 9.32. The minimum atomic E-state index is -1.40. The highest BCUT2D eigenvalue weighted by atomic mass is 16.7. The molecule has 2 heterocycles. The number of rotatable bonds is 3. The second-order valence-electron chi connectivity index (χ2n) is 7.28. The molecule has 1 saturated heterocycles. The standard InChI is InChI=1S/C21H22O8/c1-10-18(24)19(25)20(26)21(27-10)28-13-5-2-11(3-6-13)16-9-15(23)14-7-4-12(22)8-17(14)29-16/h2-8,10,16,18-22,24-26H,9H2,1H3/t10-,16?,18-,19+,20+,21-/m0/s1. The number of carbonyl (C=O) groups is 1. The third-order valence-corrected chi connectivity index (χ3v) is 5.22. The zero-order valence-corrected chi connectivity index (χ0v) is 15.6. The van der Waals surface area contributed by atoms with Gasteiger partial charge in [-0.1, -0.05) is 12.1 Å². The van der Waals surface area contributed by atoms with Gasteiger partial charge in [0.25, 0.3) is 0 Å². The zero-order valence-electron chi connectivity index (χ0n) is 15.6. The number of benzene rings is 2. The van der Waals surface area contributed by atoms with Crippen LogP contribution >= 0.6 is 0 Å². The van der Waals surface area contributed by atoms with Crippen LogP contribution in [0, 0.1) is 0 Å². The van der Waals surface area contributed by atoms with Crippen molar-refractivity contribution in [3.05, 3.63) is 53.6 Å². The summed E-state index contributed by atoms with van der Waals surface area (Å²) >= 11 is 0. The van der Waals surface area contributed by atoms with Gasteiger partial charge in [-0.15, -0.1) is 0 Å². The van der Waals surface area contributed by atoms with E-state index in [1.165, 1.54) is 12.1 Å². The molecule has 8 heteroatoms. The molecular formula is C21H22O8. The molecule has 29 heavy (non-hydrogen) atoms. The number of phenolic OH excluding ortho intramolecular Hbond substituents is 1. The molecule has 2 aliphatic rings. The predicted octanol–water partition coefficient (Wildman–Crippen LogP) is 1.30. The maximum atomic E-state index is 12.4. The normalized spacial score (nSPS) is 31.7. The highest BCUT2D eigenvalue weighted by molar-refractivity contribution is 6.00. The molecule has 1 unspecified atom stereocenters. The molecule has 4 rings (SSSR count). The lowest BCUT2D eigenvalue weighted by atomic mass is 9.96. The van der Waals surface area contributed by atoms with Crippen LogP contribution in [0.4, 0.5) is 0 Å².